The molecule has 2 fully saturated rings. The van der Waals surface area contributed by atoms with Gasteiger partial charge in [0.15, 0.2) is 0 Å². The topological polar surface area (TPSA) is 28.2 Å². The van der Waals surface area contributed by atoms with E-state index in [9.17, 15) is 0 Å². The third kappa shape index (κ3) is 2.21. The third-order valence-electron chi connectivity index (χ3n) is 4.15. The summed E-state index contributed by atoms with van der Waals surface area (Å²) in [6, 6.07) is 4.77. The van der Waals surface area contributed by atoms with Gasteiger partial charge in [-0.05, 0) is 43.9 Å². The Morgan fingerprint density at radius 2 is 2.33 bits per heavy atom. The summed E-state index contributed by atoms with van der Waals surface area (Å²) in [5, 5.41) is 4.06. The lowest BCUT2D eigenvalue weighted by molar-refractivity contribution is 0.549. The summed E-state index contributed by atoms with van der Waals surface area (Å²) in [4.78, 5) is 7.21. The molecule has 1 aromatic heterocycles. The second-order valence-electron chi connectivity index (χ2n) is 5.36. The lowest BCUT2D eigenvalue weighted by atomic mass is 10.1. The highest BCUT2D eigenvalue weighted by atomic mass is 35.5. The number of anilines is 1. The molecule has 3 rings (SSSR count). The molecule has 0 aromatic carbocycles. The van der Waals surface area contributed by atoms with Crippen molar-refractivity contribution in [3.63, 3.8) is 0 Å². The Bertz CT molecular complexity index is 435. The largest absolute Gasteiger partial charge is 0.353 e. The third-order valence-corrected chi connectivity index (χ3v) is 4.49. The Balaban J connectivity index is 1.80. The van der Waals surface area contributed by atoms with Crippen molar-refractivity contribution in [1.82, 2.24) is 10.3 Å². The second-order valence-corrected chi connectivity index (χ2v) is 5.77. The summed E-state index contributed by atoms with van der Waals surface area (Å²) in [7, 11) is 0. The number of hydrogen-bond acceptors (Lipinski definition) is 3. The van der Waals surface area contributed by atoms with Crippen LogP contribution in [-0.2, 0) is 6.54 Å². The number of pyridine rings is 1. The molecule has 3 nitrogen and oxygen atoms in total. The minimum absolute atomic E-state index is 0.718. The molecule has 18 heavy (non-hydrogen) atoms. The summed E-state index contributed by atoms with van der Waals surface area (Å²) in [5.74, 6) is 2.00. The van der Waals surface area contributed by atoms with Gasteiger partial charge in [-0.3, -0.25) is 0 Å². The zero-order valence-corrected chi connectivity index (χ0v) is 11.6. The van der Waals surface area contributed by atoms with E-state index in [0.717, 1.165) is 41.6 Å². The molecule has 2 heterocycles. The Kier molecular flexibility index (Phi) is 3.44. The molecule has 2 unspecified atom stereocenters. The van der Waals surface area contributed by atoms with Crippen LogP contribution in [0.3, 0.4) is 0 Å². The van der Waals surface area contributed by atoms with E-state index in [-0.39, 0.29) is 0 Å². The minimum atomic E-state index is 0.718. The molecule has 0 radical (unpaired) electrons. The number of piperidine rings is 1. The molecule has 2 aliphatic rings. The van der Waals surface area contributed by atoms with Crippen molar-refractivity contribution < 1.29 is 0 Å². The summed E-state index contributed by atoms with van der Waals surface area (Å²) in [6.07, 6.45) is 4.09. The van der Waals surface area contributed by atoms with Crippen molar-refractivity contribution in [3.8, 4) is 0 Å². The van der Waals surface area contributed by atoms with E-state index in [0.29, 0.717) is 0 Å². The number of nitrogens with one attached hydrogen (secondary N) is 1. The first-order valence-corrected chi connectivity index (χ1v) is 7.28. The van der Waals surface area contributed by atoms with E-state index >= 15 is 0 Å². The van der Waals surface area contributed by atoms with Crippen molar-refractivity contribution in [3.05, 3.63) is 22.8 Å². The van der Waals surface area contributed by atoms with Gasteiger partial charge >= 0.3 is 0 Å². The van der Waals surface area contributed by atoms with Gasteiger partial charge in [0, 0.05) is 19.1 Å². The monoisotopic (exact) mass is 265 g/mol. The van der Waals surface area contributed by atoms with Gasteiger partial charge in [-0.1, -0.05) is 18.5 Å². The van der Waals surface area contributed by atoms with Crippen LogP contribution in [0.15, 0.2) is 12.1 Å². The van der Waals surface area contributed by atoms with E-state index in [1.807, 2.05) is 6.07 Å². The van der Waals surface area contributed by atoms with E-state index in [2.05, 4.69) is 23.2 Å². The number of fused-ring (bicyclic) bond motifs is 2. The molecule has 2 atom stereocenters. The highest BCUT2D eigenvalue weighted by Gasteiger charge is 2.38. The van der Waals surface area contributed by atoms with E-state index in [1.54, 1.807) is 0 Å². The summed E-state index contributed by atoms with van der Waals surface area (Å²) in [6.45, 7) is 4.97. The van der Waals surface area contributed by atoms with Gasteiger partial charge < -0.3 is 10.2 Å². The first kappa shape index (κ1) is 12.2. The van der Waals surface area contributed by atoms with E-state index in [4.69, 9.17) is 16.6 Å². The number of rotatable bonds is 4. The molecular weight excluding hydrogens is 246 g/mol. The molecule has 1 saturated carbocycles. The van der Waals surface area contributed by atoms with Crippen LogP contribution in [0.2, 0.25) is 5.02 Å². The van der Waals surface area contributed by atoms with E-state index in [1.165, 1.54) is 25.8 Å². The molecule has 98 valence electrons. The Hall–Kier alpha value is -0.800. The molecule has 2 bridgehead atoms. The average molecular weight is 266 g/mol. The summed E-state index contributed by atoms with van der Waals surface area (Å²) in [5.41, 5.74) is 0.971. The highest BCUT2D eigenvalue weighted by Crippen LogP contribution is 2.39. The van der Waals surface area contributed by atoms with Crippen molar-refractivity contribution in [2.24, 2.45) is 5.92 Å². The van der Waals surface area contributed by atoms with Gasteiger partial charge in [0.25, 0.3) is 0 Å². The van der Waals surface area contributed by atoms with Gasteiger partial charge in [0.2, 0.25) is 0 Å². The molecule has 1 N–H and O–H groups in total. The number of aromatic nitrogens is 1. The van der Waals surface area contributed by atoms with E-state index < -0.39 is 0 Å². The maximum atomic E-state index is 6.20. The minimum Gasteiger partial charge on any atom is -0.353 e. The highest BCUT2D eigenvalue weighted by molar-refractivity contribution is 6.31. The Morgan fingerprint density at radius 1 is 1.44 bits per heavy atom. The maximum Gasteiger partial charge on any atom is 0.129 e. The fourth-order valence-corrected chi connectivity index (χ4v) is 3.38. The van der Waals surface area contributed by atoms with Gasteiger partial charge in [-0.15, -0.1) is 0 Å². The van der Waals surface area contributed by atoms with Crippen molar-refractivity contribution >= 4 is 17.4 Å². The molecule has 4 heteroatoms. The predicted octanol–water partition coefficient (Wildman–Crippen LogP) is 2.83. The zero-order chi connectivity index (χ0) is 12.5. The van der Waals surface area contributed by atoms with Crippen LogP contribution in [0, 0.1) is 5.92 Å². The van der Waals surface area contributed by atoms with Crippen molar-refractivity contribution in [2.75, 3.05) is 18.0 Å². The van der Waals surface area contributed by atoms with Gasteiger partial charge in [-0.25, -0.2) is 4.98 Å². The Labute approximate surface area is 114 Å². The quantitative estimate of drug-likeness (QED) is 0.907. The smallest absolute Gasteiger partial charge is 0.129 e. The molecule has 1 aliphatic heterocycles. The summed E-state index contributed by atoms with van der Waals surface area (Å²) < 4.78 is 0. The molecule has 1 aliphatic carbocycles. The van der Waals surface area contributed by atoms with Crippen LogP contribution < -0.4 is 10.2 Å². The molecule has 0 spiro atoms. The average Bonchev–Trinajstić information content (AvgIpc) is 3.00. The number of hydrogen-bond donors (Lipinski definition) is 1. The van der Waals surface area contributed by atoms with Crippen molar-refractivity contribution in [2.45, 2.75) is 38.8 Å². The predicted molar refractivity (Wildman–Crippen MR) is 75.1 cm³/mol. The van der Waals surface area contributed by atoms with Crippen LogP contribution in [0.4, 0.5) is 5.82 Å². The van der Waals surface area contributed by atoms with Crippen LogP contribution in [-0.4, -0.2) is 24.1 Å². The molecule has 0 amide bonds. The molecule has 1 aromatic rings. The van der Waals surface area contributed by atoms with Gasteiger partial charge in [0.05, 0.1) is 10.7 Å². The Morgan fingerprint density at radius 3 is 3.00 bits per heavy atom. The maximum absolute atomic E-state index is 6.20. The second kappa shape index (κ2) is 5.06. The summed E-state index contributed by atoms with van der Waals surface area (Å²) >= 11 is 6.20. The van der Waals surface area contributed by atoms with Crippen LogP contribution in [0.25, 0.3) is 0 Å². The van der Waals surface area contributed by atoms with Crippen LogP contribution >= 0.6 is 11.6 Å². The first-order chi connectivity index (χ1) is 8.78. The fourth-order valence-electron chi connectivity index (χ4n) is 3.21. The standard InChI is InChI=1S/C14H20ClN3/c1-2-16-8-13-12(15)5-6-14(17-13)18-9-10-3-4-11(18)7-10/h5-6,10-11,16H,2-4,7-9H2,1H3. The fraction of sp³-hybridized carbons (Fsp3) is 0.643. The zero-order valence-electron chi connectivity index (χ0n) is 10.8. The van der Waals surface area contributed by atoms with Crippen LogP contribution in [0.5, 0.6) is 0 Å². The number of halogens is 1. The van der Waals surface area contributed by atoms with Crippen LogP contribution in [0.1, 0.15) is 31.9 Å². The lowest BCUT2D eigenvalue weighted by Crippen LogP contribution is -2.32. The van der Waals surface area contributed by atoms with Gasteiger partial charge in [-0.2, -0.15) is 0 Å². The molecule has 1 saturated heterocycles. The lowest BCUT2D eigenvalue weighted by Gasteiger charge is -2.28. The molecular formula is C14H20ClN3. The van der Waals surface area contributed by atoms with Gasteiger partial charge in [0.1, 0.15) is 5.82 Å². The SMILES string of the molecule is CCNCc1nc(N2CC3CCC2C3)ccc1Cl. The number of nitrogens with zero attached hydrogens (tertiary/aromatic N) is 2. The van der Waals surface area contributed by atoms with Crippen molar-refractivity contribution in [1.29, 1.82) is 0 Å². The normalized spacial score (nSPS) is 26.0. The first-order valence-electron chi connectivity index (χ1n) is 6.90.